The van der Waals surface area contributed by atoms with Crippen LogP contribution in [0.3, 0.4) is 0 Å². The van der Waals surface area contributed by atoms with Crippen LogP contribution in [0.1, 0.15) is 10.4 Å². The maximum atomic E-state index is 12.2. The van der Waals surface area contributed by atoms with Crippen LogP contribution >= 0.6 is 0 Å². The number of benzene rings is 1. The van der Waals surface area contributed by atoms with Gasteiger partial charge in [0.25, 0.3) is 5.91 Å². The Hall–Kier alpha value is -1.48. The number of sulfonamides is 1. The fourth-order valence-corrected chi connectivity index (χ4v) is 2.79. The van der Waals surface area contributed by atoms with E-state index in [9.17, 15) is 13.2 Å². The standard InChI is InChI=1S/C14H23N3O4S/c1-17(2)14(18)12-5-4-6-13(11-12)22(19,20)16-8-7-15-9-10-21-3/h4-6,11,15-16H,7-10H2,1-3H3. The van der Waals surface area contributed by atoms with Crippen molar-refractivity contribution in [1.82, 2.24) is 14.9 Å². The summed E-state index contributed by atoms with van der Waals surface area (Å²) in [6.07, 6.45) is 0. The van der Waals surface area contributed by atoms with Crippen molar-refractivity contribution in [3.63, 3.8) is 0 Å². The first-order valence-corrected chi connectivity index (χ1v) is 8.38. The molecule has 0 aromatic heterocycles. The molecule has 124 valence electrons. The van der Waals surface area contributed by atoms with Crippen molar-refractivity contribution in [2.45, 2.75) is 4.90 Å². The highest BCUT2D eigenvalue weighted by molar-refractivity contribution is 7.89. The molecule has 1 rings (SSSR count). The van der Waals surface area contributed by atoms with Crippen LogP contribution in [0.4, 0.5) is 0 Å². The maximum absolute atomic E-state index is 12.2. The summed E-state index contributed by atoms with van der Waals surface area (Å²) in [5, 5.41) is 3.04. The van der Waals surface area contributed by atoms with Crippen molar-refractivity contribution in [1.29, 1.82) is 0 Å². The molecule has 0 saturated heterocycles. The fraction of sp³-hybridized carbons (Fsp3) is 0.500. The molecule has 0 unspecified atom stereocenters. The SMILES string of the molecule is COCCNCCNS(=O)(=O)c1cccc(C(=O)N(C)C)c1. The van der Waals surface area contributed by atoms with Crippen LogP contribution in [0.25, 0.3) is 0 Å². The molecule has 1 aromatic carbocycles. The summed E-state index contributed by atoms with van der Waals surface area (Å²) in [6.45, 7) is 1.99. The predicted molar refractivity (Wildman–Crippen MR) is 84.4 cm³/mol. The Morgan fingerprint density at radius 1 is 1.23 bits per heavy atom. The van der Waals surface area contributed by atoms with E-state index in [2.05, 4.69) is 10.0 Å². The lowest BCUT2D eigenvalue weighted by Gasteiger charge is -2.12. The molecule has 0 bridgehead atoms. The lowest BCUT2D eigenvalue weighted by atomic mass is 10.2. The van der Waals surface area contributed by atoms with Gasteiger partial charge in [-0.2, -0.15) is 0 Å². The van der Waals surface area contributed by atoms with Crippen molar-refractivity contribution >= 4 is 15.9 Å². The van der Waals surface area contributed by atoms with Gasteiger partial charge in [0.15, 0.2) is 0 Å². The average Bonchev–Trinajstić information content (AvgIpc) is 2.50. The minimum absolute atomic E-state index is 0.0806. The van der Waals surface area contributed by atoms with E-state index in [4.69, 9.17) is 4.74 Å². The van der Waals surface area contributed by atoms with Crippen LogP contribution in [0.5, 0.6) is 0 Å². The van der Waals surface area contributed by atoms with Gasteiger partial charge in [-0.05, 0) is 18.2 Å². The van der Waals surface area contributed by atoms with Crippen molar-refractivity contribution < 1.29 is 17.9 Å². The predicted octanol–water partition coefficient (Wildman–Crippen LogP) is -0.0973. The molecule has 7 nitrogen and oxygen atoms in total. The van der Waals surface area contributed by atoms with Gasteiger partial charge in [-0.3, -0.25) is 4.79 Å². The van der Waals surface area contributed by atoms with Crippen molar-refractivity contribution in [3.8, 4) is 0 Å². The smallest absolute Gasteiger partial charge is 0.253 e. The number of nitrogens with zero attached hydrogens (tertiary/aromatic N) is 1. The lowest BCUT2D eigenvalue weighted by Crippen LogP contribution is -2.33. The van der Waals surface area contributed by atoms with Crippen LogP contribution in [0, 0.1) is 0 Å². The number of methoxy groups -OCH3 is 1. The van der Waals surface area contributed by atoms with E-state index in [0.29, 0.717) is 25.3 Å². The third-order valence-corrected chi connectivity index (χ3v) is 4.33. The molecule has 0 aliphatic heterocycles. The molecule has 0 radical (unpaired) electrons. The molecule has 0 fully saturated rings. The monoisotopic (exact) mass is 329 g/mol. The molecule has 1 amide bonds. The number of rotatable bonds is 9. The summed E-state index contributed by atoms with van der Waals surface area (Å²) in [4.78, 5) is 13.4. The molecule has 8 heteroatoms. The second-order valence-corrected chi connectivity index (χ2v) is 6.63. The third-order valence-electron chi connectivity index (χ3n) is 2.87. The highest BCUT2D eigenvalue weighted by Gasteiger charge is 2.16. The van der Waals surface area contributed by atoms with Crippen LogP contribution in [-0.2, 0) is 14.8 Å². The van der Waals surface area contributed by atoms with Crippen molar-refractivity contribution in [2.75, 3.05) is 47.4 Å². The Morgan fingerprint density at radius 3 is 2.59 bits per heavy atom. The zero-order chi connectivity index (χ0) is 16.6. The summed E-state index contributed by atoms with van der Waals surface area (Å²) < 4.78 is 31.7. The van der Waals surface area contributed by atoms with Crippen molar-refractivity contribution in [3.05, 3.63) is 29.8 Å². The van der Waals surface area contributed by atoms with Gasteiger partial charge in [0.05, 0.1) is 11.5 Å². The van der Waals surface area contributed by atoms with Gasteiger partial charge in [-0.15, -0.1) is 0 Å². The first-order valence-electron chi connectivity index (χ1n) is 6.89. The number of nitrogens with one attached hydrogen (secondary N) is 2. The first kappa shape index (κ1) is 18.6. The van der Waals surface area contributed by atoms with Gasteiger partial charge < -0.3 is 15.0 Å². The molecule has 22 heavy (non-hydrogen) atoms. The second kappa shape index (κ2) is 8.84. The van der Waals surface area contributed by atoms with Gasteiger partial charge in [0, 0.05) is 46.4 Å². The highest BCUT2D eigenvalue weighted by Crippen LogP contribution is 2.12. The normalized spacial score (nSPS) is 11.4. The van der Waals surface area contributed by atoms with E-state index >= 15 is 0 Å². The van der Waals surface area contributed by atoms with Gasteiger partial charge in [0.1, 0.15) is 0 Å². The first-order chi connectivity index (χ1) is 10.4. The van der Waals surface area contributed by atoms with E-state index in [1.54, 1.807) is 33.3 Å². The Balaban J connectivity index is 2.65. The number of carbonyl (C=O) groups is 1. The van der Waals surface area contributed by atoms with Gasteiger partial charge in [-0.1, -0.05) is 6.07 Å². The molecule has 0 aliphatic carbocycles. The minimum Gasteiger partial charge on any atom is -0.383 e. The Labute approximate surface area is 131 Å². The molecule has 0 saturated carbocycles. The second-order valence-electron chi connectivity index (χ2n) is 4.87. The summed E-state index contributed by atoms with van der Waals surface area (Å²) in [6, 6.07) is 5.99. The van der Waals surface area contributed by atoms with E-state index < -0.39 is 10.0 Å². The van der Waals surface area contributed by atoms with Crippen molar-refractivity contribution in [2.24, 2.45) is 0 Å². The zero-order valence-electron chi connectivity index (χ0n) is 13.1. The molecule has 2 N–H and O–H groups in total. The molecular weight excluding hydrogens is 306 g/mol. The fourth-order valence-electron chi connectivity index (χ4n) is 1.71. The molecule has 0 aliphatic rings. The topological polar surface area (TPSA) is 87.7 Å². The number of hydrogen-bond acceptors (Lipinski definition) is 5. The molecule has 0 heterocycles. The summed E-state index contributed by atoms with van der Waals surface area (Å²) in [7, 11) is 1.21. The lowest BCUT2D eigenvalue weighted by molar-refractivity contribution is 0.0827. The summed E-state index contributed by atoms with van der Waals surface area (Å²) >= 11 is 0. The van der Waals surface area contributed by atoms with Crippen LogP contribution in [0.2, 0.25) is 0 Å². The molecule has 0 spiro atoms. The quantitative estimate of drug-likeness (QED) is 0.618. The molecule has 0 atom stereocenters. The van der Waals surface area contributed by atoms with E-state index in [1.165, 1.54) is 17.0 Å². The van der Waals surface area contributed by atoms with Gasteiger partial charge in [0.2, 0.25) is 10.0 Å². The van der Waals surface area contributed by atoms with Crippen LogP contribution < -0.4 is 10.0 Å². The van der Waals surface area contributed by atoms with E-state index in [-0.39, 0.29) is 17.3 Å². The number of carbonyl (C=O) groups excluding carboxylic acids is 1. The molecule has 1 aromatic rings. The largest absolute Gasteiger partial charge is 0.383 e. The maximum Gasteiger partial charge on any atom is 0.253 e. The zero-order valence-corrected chi connectivity index (χ0v) is 13.9. The number of hydrogen-bond donors (Lipinski definition) is 2. The van der Waals surface area contributed by atoms with Crippen LogP contribution in [-0.4, -0.2) is 66.7 Å². The average molecular weight is 329 g/mol. The minimum atomic E-state index is -3.63. The Morgan fingerprint density at radius 2 is 1.95 bits per heavy atom. The Kier molecular flexibility index (Phi) is 7.46. The summed E-state index contributed by atoms with van der Waals surface area (Å²) in [5.74, 6) is -0.238. The van der Waals surface area contributed by atoms with Gasteiger partial charge in [-0.25, -0.2) is 13.1 Å². The molecular formula is C14H23N3O4S. The Bertz CT molecular complexity index is 588. The van der Waals surface area contributed by atoms with E-state index in [1.807, 2.05) is 0 Å². The highest BCUT2D eigenvalue weighted by atomic mass is 32.2. The number of ether oxygens (including phenoxy) is 1. The van der Waals surface area contributed by atoms with Crippen LogP contribution in [0.15, 0.2) is 29.2 Å². The van der Waals surface area contributed by atoms with E-state index in [0.717, 1.165) is 0 Å². The third kappa shape index (κ3) is 5.72. The summed E-state index contributed by atoms with van der Waals surface area (Å²) in [5.41, 5.74) is 0.339. The van der Waals surface area contributed by atoms with Gasteiger partial charge >= 0.3 is 0 Å². The number of amides is 1.